The van der Waals surface area contributed by atoms with Gasteiger partial charge >= 0.3 is 0 Å². The summed E-state index contributed by atoms with van der Waals surface area (Å²) in [5, 5.41) is 0. The molecule has 0 aromatic heterocycles. The number of Topliss-reactive ketones (excluding diaryl/α,β-unsaturated/α-hetero) is 1. The molecule has 2 rings (SSSR count). The lowest BCUT2D eigenvalue weighted by molar-refractivity contribution is 0.0863. The lowest BCUT2D eigenvalue weighted by Gasteiger charge is -2.13. The van der Waals surface area contributed by atoms with Gasteiger partial charge in [0.1, 0.15) is 0 Å². The SMILES string of the molecule is [C-]#[N+]c1ccc2c(c1)C(=O)C(C)(C)C2. The third kappa shape index (κ3) is 1.13. The van der Waals surface area contributed by atoms with Gasteiger partial charge in [0, 0.05) is 11.0 Å². The molecular weight excluding hydrogens is 174 g/mol. The lowest BCUT2D eigenvalue weighted by atomic mass is 9.89. The number of nitrogens with zero attached hydrogens (tertiary/aromatic N) is 1. The maximum atomic E-state index is 11.9. The van der Waals surface area contributed by atoms with Crippen LogP contribution < -0.4 is 0 Å². The van der Waals surface area contributed by atoms with Crippen LogP contribution in [0, 0.1) is 12.0 Å². The van der Waals surface area contributed by atoms with Crippen LogP contribution >= 0.6 is 0 Å². The maximum absolute atomic E-state index is 11.9. The van der Waals surface area contributed by atoms with E-state index >= 15 is 0 Å². The van der Waals surface area contributed by atoms with Crippen LogP contribution in [-0.4, -0.2) is 5.78 Å². The molecule has 0 heterocycles. The lowest BCUT2D eigenvalue weighted by Crippen LogP contribution is -2.18. The molecule has 0 spiro atoms. The van der Waals surface area contributed by atoms with E-state index in [4.69, 9.17) is 6.57 Å². The summed E-state index contributed by atoms with van der Waals surface area (Å²) in [7, 11) is 0. The van der Waals surface area contributed by atoms with Crippen molar-refractivity contribution in [2.24, 2.45) is 5.41 Å². The Morgan fingerprint density at radius 2 is 2.14 bits per heavy atom. The highest BCUT2D eigenvalue weighted by molar-refractivity contribution is 6.05. The Labute approximate surface area is 83.4 Å². The molecule has 0 atom stereocenters. The highest BCUT2D eigenvalue weighted by atomic mass is 16.1. The van der Waals surface area contributed by atoms with Crippen molar-refractivity contribution in [2.45, 2.75) is 20.3 Å². The van der Waals surface area contributed by atoms with E-state index in [1.165, 1.54) is 0 Å². The zero-order chi connectivity index (χ0) is 10.3. The van der Waals surface area contributed by atoms with Gasteiger partial charge in [-0.25, -0.2) is 4.85 Å². The first-order chi connectivity index (χ1) is 6.54. The molecule has 0 aliphatic heterocycles. The number of hydrogen-bond donors (Lipinski definition) is 0. The Hall–Kier alpha value is -1.62. The Kier molecular flexibility index (Phi) is 1.72. The van der Waals surface area contributed by atoms with E-state index in [-0.39, 0.29) is 11.2 Å². The summed E-state index contributed by atoms with van der Waals surface area (Å²) in [6.45, 7) is 10.8. The van der Waals surface area contributed by atoms with Gasteiger partial charge in [-0.15, -0.1) is 0 Å². The highest BCUT2D eigenvalue weighted by Crippen LogP contribution is 2.37. The molecule has 0 saturated carbocycles. The van der Waals surface area contributed by atoms with Crippen LogP contribution in [0.25, 0.3) is 4.85 Å². The second kappa shape index (κ2) is 2.68. The normalized spacial score (nSPS) is 17.6. The zero-order valence-corrected chi connectivity index (χ0v) is 8.29. The molecule has 2 nitrogen and oxygen atoms in total. The minimum atomic E-state index is -0.289. The van der Waals surface area contributed by atoms with Crippen LogP contribution in [0.5, 0.6) is 0 Å². The predicted molar refractivity (Wildman–Crippen MR) is 54.5 cm³/mol. The summed E-state index contributed by atoms with van der Waals surface area (Å²) in [4.78, 5) is 15.2. The van der Waals surface area contributed by atoms with Gasteiger partial charge in [-0.05, 0) is 18.1 Å². The molecule has 0 bridgehead atoms. The van der Waals surface area contributed by atoms with Crippen molar-refractivity contribution in [1.82, 2.24) is 0 Å². The molecule has 1 aliphatic carbocycles. The number of carbonyl (C=O) groups is 1. The Morgan fingerprint density at radius 3 is 2.79 bits per heavy atom. The predicted octanol–water partition coefficient (Wildman–Crippen LogP) is 3.00. The van der Waals surface area contributed by atoms with Crippen molar-refractivity contribution in [3.05, 3.63) is 40.7 Å². The second-order valence-electron chi connectivity index (χ2n) is 4.34. The summed E-state index contributed by atoms with van der Waals surface area (Å²) in [5.41, 5.74) is 2.08. The molecule has 1 aliphatic rings. The smallest absolute Gasteiger partial charge is 0.187 e. The van der Waals surface area contributed by atoms with Crippen molar-refractivity contribution < 1.29 is 4.79 Å². The fraction of sp³-hybridized carbons (Fsp3) is 0.333. The summed E-state index contributed by atoms with van der Waals surface area (Å²) in [6, 6.07) is 5.38. The third-order valence-electron chi connectivity index (χ3n) is 2.71. The summed E-state index contributed by atoms with van der Waals surface area (Å²) in [6.07, 6.45) is 0.791. The van der Waals surface area contributed by atoms with Crippen LogP contribution in [-0.2, 0) is 6.42 Å². The van der Waals surface area contributed by atoms with E-state index < -0.39 is 0 Å². The van der Waals surface area contributed by atoms with Gasteiger partial charge < -0.3 is 0 Å². The van der Waals surface area contributed by atoms with Crippen molar-refractivity contribution >= 4 is 11.5 Å². The third-order valence-corrected chi connectivity index (χ3v) is 2.71. The van der Waals surface area contributed by atoms with Crippen LogP contribution in [0.3, 0.4) is 0 Å². The fourth-order valence-electron chi connectivity index (χ4n) is 1.92. The van der Waals surface area contributed by atoms with E-state index in [1.54, 1.807) is 12.1 Å². The number of rotatable bonds is 0. The number of fused-ring (bicyclic) bond motifs is 1. The Balaban J connectivity index is 2.57. The first-order valence-corrected chi connectivity index (χ1v) is 4.60. The summed E-state index contributed by atoms with van der Waals surface area (Å²) < 4.78 is 0. The first kappa shape index (κ1) is 8.96. The van der Waals surface area contributed by atoms with E-state index in [0.717, 1.165) is 17.5 Å². The van der Waals surface area contributed by atoms with Crippen molar-refractivity contribution in [3.63, 3.8) is 0 Å². The van der Waals surface area contributed by atoms with E-state index in [1.807, 2.05) is 19.9 Å². The number of hydrogen-bond acceptors (Lipinski definition) is 1. The molecule has 2 heteroatoms. The van der Waals surface area contributed by atoms with Crippen molar-refractivity contribution in [3.8, 4) is 0 Å². The molecule has 1 aromatic rings. The van der Waals surface area contributed by atoms with Gasteiger partial charge in [0.05, 0.1) is 6.57 Å². The molecule has 0 saturated heterocycles. The molecule has 0 unspecified atom stereocenters. The minimum absolute atomic E-state index is 0.165. The second-order valence-corrected chi connectivity index (χ2v) is 4.34. The average molecular weight is 185 g/mol. The van der Waals surface area contributed by atoms with Crippen LogP contribution in [0.2, 0.25) is 0 Å². The topological polar surface area (TPSA) is 21.4 Å². The van der Waals surface area contributed by atoms with Crippen molar-refractivity contribution in [2.75, 3.05) is 0 Å². The monoisotopic (exact) mass is 185 g/mol. The summed E-state index contributed by atoms with van der Waals surface area (Å²) in [5.74, 6) is 0.165. The van der Waals surface area contributed by atoms with E-state index in [9.17, 15) is 4.79 Å². The van der Waals surface area contributed by atoms with Crippen LogP contribution in [0.1, 0.15) is 29.8 Å². The maximum Gasteiger partial charge on any atom is 0.187 e. The quantitative estimate of drug-likeness (QED) is 0.569. The van der Waals surface area contributed by atoms with Crippen LogP contribution in [0.15, 0.2) is 18.2 Å². The first-order valence-electron chi connectivity index (χ1n) is 4.60. The largest absolute Gasteiger partial charge is 0.294 e. The van der Waals surface area contributed by atoms with Gasteiger partial charge in [-0.2, -0.15) is 0 Å². The molecule has 0 radical (unpaired) electrons. The van der Waals surface area contributed by atoms with Gasteiger partial charge in [-0.1, -0.05) is 26.0 Å². The average Bonchev–Trinajstić information content (AvgIpc) is 2.38. The Bertz CT molecular complexity index is 452. The number of benzene rings is 1. The standard InChI is InChI=1S/C12H11NO/c1-12(2)7-8-4-5-9(13-3)6-10(8)11(12)14/h4-6H,7H2,1-2H3. The summed E-state index contributed by atoms with van der Waals surface area (Å²) >= 11 is 0. The zero-order valence-electron chi connectivity index (χ0n) is 8.29. The van der Waals surface area contributed by atoms with Gasteiger partial charge in [0.2, 0.25) is 0 Å². The van der Waals surface area contributed by atoms with Gasteiger partial charge in [0.25, 0.3) is 0 Å². The number of carbonyl (C=O) groups excluding carboxylic acids is 1. The fourth-order valence-corrected chi connectivity index (χ4v) is 1.92. The number of ketones is 1. The highest BCUT2D eigenvalue weighted by Gasteiger charge is 2.37. The molecule has 0 N–H and O–H groups in total. The molecule has 0 fully saturated rings. The molecule has 0 amide bonds. The van der Waals surface area contributed by atoms with Gasteiger partial charge in [-0.3, -0.25) is 4.79 Å². The van der Waals surface area contributed by atoms with Crippen LogP contribution in [0.4, 0.5) is 5.69 Å². The van der Waals surface area contributed by atoms with Gasteiger partial charge in [0.15, 0.2) is 11.5 Å². The van der Waals surface area contributed by atoms with Crippen molar-refractivity contribution in [1.29, 1.82) is 0 Å². The Morgan fingerprint density at radius 1 is 1.43 bits per heavy atom. The molecule has 1 aromatic carbocycles. The molecule has 70 valence electrons. The molecule has 14 heavy (non-hydrogen) atoms. The molecular formula is C12H11NO. The minimum Gasteiger partial charge on any atom is -0.294 e. The van der Waals surface area contributed by atoms with E-state index in [0.29, 0.717) is 5.69 Å². The van der Waals surface area contributed by atoms with E-state index in [2.05, 4.69) is 4.85 Å².